The van der Waals surface area contributed by atoms with Crippen molar-refractivity contribution in [3.05, 3.63) is 24.1 Å². The number of rotatable bonds is 3. The van der Waals surface area contributed by atoms with Crippen molar-refractivity contribution in [3.63, 3.8) is 0 Å². The van der Waals surface area contributed by atoms with Crippen LogP contribution in [0.2, 0.25) is 0 Å². The first-order valence-corrected chi connectivity index (χ1v) is 5.21. The minimum atomic E-state index is -0.326. The zero-order valence-corrected chi connectivity index (χ0v) is 9.61. The smallest absolute Gasteiger partial charge is 0.231 e. The Kier molecular flexibility index (Phi) is 2.91. The van der Waals surface area contributed by atoms with Crippen molar-refractivity contribution in [1.82, 2.24) is 4.98 Å². The summed E-state index contributed by atoms with van der Waals surface area (Å²) in [5.74, 6) is 0.0828. The van der Waals surface area contributed by atoms with E-state index in [2.05, 4.69) is 10.3 Å². The maximum absolute atomic E-state index is 11.4. The summed E-state index contributed by atoms with van der Waals surface area (Å²) in [5, 5.41) is 2.63. The zero-order valence-electron chi connectivity index (χ0n) is 9.61. The third-order valence-corrected chi connectivity index (χ3v) is 2.19. The Labute approximate surface area is 97.8 Å². The number of oxazole rings is 1. The summed E-state index contributed by atoms with van der Waals surface area (Å²) >= 11 is 0. The molecule has 0 spiro atoms. The second-order valence-electron chi connectivity index (χ2n) is 3.84. The van der Waals surface area contributed by atoms with Crippen molar-refractivity contribution in [2.45, 2.75) is 20.3 Å². The Balaban J connectivity index is 2.19. The van der Waals surface area contributed by atoms with Crippen LogP contribution in [0.3, 0.4) is 0 Å². The van der Waals surface area contributed by atoms with Gasteiger partial charge in [-0.15, -0.1) is 0 Å². The number of hydrogen-bond donors (Lipinski definition) is 1. The molecule has 1 heterocycles. The molecule has 0 radical (unpaired) electrons. The van der Waals surface area contributed by atoms with Crippen LogP contribution in [0.4, 0.5) is 5.69 Å². The van der Waals surface area contributed by atoms with Gasteiger partial charge in [0.05, 0.1) is 6.42 Å². The van der Waals surface area contributed by atoms with Crippen molar-refractivity contribution in [2.24, 2.45) is 0 Å². The number of Topliss-reactive ketones (excluding diaryl/α,β-unsaturated/α-hetero) is 1. The molecule has 2 aromatic rings. The molecule has 0 atom stereocenters. The first kappa shape index (κ1) is 11.3. The number of carbonyl (C=O) groups excluding carboxylic acids is 2. The lowest BCUT2D eigenvalue weighted by molar-refractivity contribution is -0.124. The maximum Gasteiger partial charge on any atom is 0.231 e. The summed E-state index contributed by atoms with van der Waals surface area (Å²) in [6.45, 7) is 3.14. The number of aromatic nitrogens is 1. The number of ketones is 1. The van der Waals surface area contributed by atoms with Gasteiger partial charge in [-0.25, -0.2) is 4.98 Å². The fourth-order valence-corrected chi connectivity index (χ4v) is 1.55. The van der Waals surface area contributed by atoms with Crippen LogP contribution < -0.4 is 5.32 Å². The third kappa shape index (κ3) is 2.69. The van der Waals surface area contributed by atoms with Gasteiger partial charge in [0.2, 0.25) is 5.91 Å². The largest absolute Gasteiger partial charge is 0.441 e. The lowest BCUT2D eigenvalue weighted by atomic mass is 10.2. The molecule has 0 bridgehead atoms. The third-order valence-electron chi connectivity index (χ3n) is 2.19. The van der Waals surface area contributed by atoms with E-state index in [1.165, 1.54) is 6.92 Å². The highest BCUT2D eigenvalue weighted by Gasteiger charge is 2.07. The Bertz CT molecular complexity index is 586. The molecular weight excluding hydrogens is 220 g/mol. The second-order valence-corrected chi connectivity index (χ2v) is 3.84. The van der Waals surface area contributed by atoms with E-state index in [-0.39, 0.29) is 18.1 Å². The summed E-state index contributed by atoms with van der Waals surface area (Å²) in [6, 6.07) is 5.17. The number of aryl methyl sites for hydroxylation is 1. The summed E-state index contributed by atoms with van der Waals surface area (Å²) in [4.78, 5) is 26.3. The maximum atomic E-state index is 11.4. The average molecular weight is 232 g/mol. The lowest BCUT2D eigenvalue weighted by Gasteiger charge is -2.02. The van der Waals surface area contributed by atoms with Gasteiger partial charge in [0.15, 0.2) is 11.5 Å². The molecule has 17 heavy (non-hydrogen) atoms. The van der Waals surface area contributed by atoms with Crippen molar-refractivity contribution in [2.75, 3.05) is 5.32 Å². The van der Waals surface area contributed by atoms with Crippen LogP contribution >= 0.6 is 0 Å². The molecule has 0 saturated carbocycles. The number of nitrogens with one attached hydrogen (secondary N) is 1. The van der Waals surface area contributed by atoms with Crippen LogP contribution in [0.1, 0.15) is 19.2 Å². The summed E-state index contributed by atoms with van der Waals surface area (Å²) in [5.41, 5.74) is 1.95. The number of hydrogen-bond acceptors (Lipinski definition) is 4. The first-order chi connectivity index (χ1) is 8.04. The molecule has 0 aliphatic carbocycles. The summed E-state index contributed by atoms with van der Waals surface area (Å²) in [6.07, 6.45) is -0.118. The van der Waals surface area contributed by atoms with Crippen LogP contribution in [0.25, 0.3) is 11.1 Å². The predicted molar refractivity (Wildman–Crippen MR) is 62.7 cm³/mol. The number of carbonyl (C=O) groups is 2. The minimum Gasteiger partial charge on any atom is -0.441 e. The normalized spacial score (nSPS) is 10.5. The van der Waals surface area contributed by atoms with E-state index in [0.29, 0.717) is 17.2 Å². The molecule has 88 valence electrons. The van der Waals surface area contributed by atoms with Gasteiger partial charge in [0.25, 0.3) is 0 Å². The van der Waals surface area contributed by atoms with Gasteiger partial charge < -0.3 is 9.73 Å². The predicted octanol–water partition coefficient (Wildman–Crippen LogP) is 2.05. The van der Waals surface area contributed by atoms with Crippen LogP contribution in [-0.4, -0.2) is 16.7 Å². The highest BCUT2D eigenvalue weighted by Crippen LogP contribution is 2.19. The Morgan fingerprint density at radius 1 is 1.41 bits per heavy atom. The van der Waals surface area contributed by atoms with Gasteiger partial charge in [-0.3, -0.25) is 9.59 Å². The zero-order chi connectivity index (χ0) is 12.4. The number of nitrogens with zero attached hydrogens (tertiary/aromatic N) is 1. The van der Waals surface area contributed by atoms with Crippen molar-refractivity contribution in [3.8, 4) is 0 Å². The number of benzene rings is 1. The molecule has 1 aromatic carbocycles. The van der Waals surface area contributed by atoms with Crippen LogP contribution in [0.5, 0.6) is 0 Å². The first-order valence-electron chi connectivity index (χ1n) is 5.21. The van der Waals surface area contributed by atoms with Gasteiger partial charge in [0.1, 0.15) is 11.3 Å². The van der Waals surface area contributed by atoms with Gasteiger partial charge in [-0.2, -0.15) is 0 Å². The quantitative estimate of drug-likeness (QED) is 0.822. The van der Waals surface area contributed by atoms with Gasteiger partial charge in [-0.1, -0.05) is 0 Å². The van der Waals surface area contributed by atoms with Crippen LogP contribution in [0, 0.1) is 6.92 Å². The van der Waals surface area contributed by atoms with E-state index in [4.69, 9.17) is 4.42 Å². The number of fused-ring (bicyclic) bond motifs is 1. The van der Waals surface area contributed by atoms with E-state index in [9.17, 15) is 9.59 Å². The fourth-order valence-electron chi connectivity index (χ4n) is 1.55. The Morgan fingerprint density at radius 3 is 2.88 bits per heavy atom. The molecule has 0 aliphatic rings. The highest BCUT2D eigenvalue weighted by molar-refractivity contribution is 6.04. The number of amides is 1. The summed E-state index contributed by atoms with van der Waals surface area (Å²) < 4.78 is 5.34. The molecule has 2 rings (SSSR count). The molecule has 0 unspecified atom stereocenters. The van der Waals surface area contributed by atoms with E-state index in [1.807, 2.05) is 0 Å². The number of anilines is 1. The Hall–Kier alpha value is -2.17. The monoisotopic (exact) mass is 232 g/mol. The second kappa shape index (κ2) is 4.37. The van der Waals surface area contributed by atoms with E-state index >= 15 is 0 Å². The standard InChI is InChI=1S/C12H12N2O3/c1-7(15)5-12(16)14-9-3-4-10-11(6-9)17-8(2)13-10/h3-4,6H,5H2,1-2H3,(H,14,16). The summed E-state index contributed by atoms with van der Waals surface area (Å²) in [7, 11) is 0. The molecule has 0 fully saturated rings. The van der Waals surface area contributed by atoms with Gasteiger partial charge in [-0.05, 0) is 19.1 Å². The van der Waals surface area contributed by atoms with E-state index < -0.39 is 0 Å². The highest BCUT2D eigenvalue weighted by atomic mass is 16.3. The molecule has 0 aliphatic heterocycles. The molecule has 5 heteroatoms. The van der Waals surface area contributed by atoms with Crippen LogP contribution in [-0.2, 0) is 9.59 Å². The van der Waals surface area contributed by atoms with Crippen molar-refractivity contribution >= 4 is 28.5 Å². The van der Waals surface area contributed by atoms with Crippen molar-refractivity contribution in [1.29, 1.82) is 0 Å². The topological polar surface area (TPSA) is 72.2 Å². The van der Waals surface area contributed by atoms with Crippen LogP contribution in [0.15, 0.2) is 22.6 Å². The van der Waals surface area contributed by atoms with Gasteiger partial charge in [0, 0.05) is 18.7 Å². The molecule has 1 aromatic heterocycles. The SMILES string of the molecule is CC(=O)CC(=O)Nc1ccc2nc(C)oc2c1. The minimum absolute atomic E-state index is 0.118. The molecule has 0 saturated heterocycles. The average Bonchev–Trinajstić information content (AvgIpc) is 2.55. The van der Waals surface area contributed by atoms with E-state index in [0.717, 1.165) is 5.52 Å². The molecular formula is C12H12N2O3. The lowest BCUT2D eigenvalue weighted by Crippen LogP contribution is -2.14. The van der Waals surface area contributed by atoms with Crippen molar-refractivity contribution < 1.29 is 14.0 Å². The molecule has 5 nitrogen and oxygen atoms in total. The molecule has 1 amide bonds. The van der Waals surface area contributed by atoms with E-state index in [1.54, 1.807) is 25.1 Å². The fraction of sp³-hybridized carbons (Fsp3) is 0.250. The Morgan fingerprint density at radius 2 is 2.18 bits per heavy atom. The molecule has 1 N–H and O–H groups in total. The van der Waals surface area contributed by atoms with Gasteiger partial charge >= 0.3 is 0 Å².